The van der Waals surface area contributed by atoms with Gasteiger partial charge in [0, 0.05) is 29.0 Å². The first-order valence-electron chi connectivity index (χ1n) is 10.9. The number of hydrogen-bond donors (Lipinski definition) is 0. The minimum atomic E-state index is -1.26. The number of benzene rings is 2. The quantitative estimate of drug-likeness (QED) is 0.330. The summed E-state index contributed by atoms with van der Waals surface area (Å²) in [7, 11) is -1.26. The average molecular weight is 555 g/mol. The molecule has 0 saturated carbocycles. The maximum absolute atomic E-state index is 13.3. The van der Waals surface area contributed by atoms with E-state index in [1.54, 1.807) is 6.20 Å². The smallest absolute Gasteiger partial charge is 0.873 e. The fraction of sp³-hybridized carbons (Fsp3) is 0.370. The van der Waals surface area contributed by atoms with Gasteiger partial charge in [0.2, 0.25) is 0 Å². The Morgan fingerprint density at radius 2 is 1.58 bits per heavy atom. The van der Waals surface area contributed by atoms with Gasteiger partial charge in [-0.15, -0.1) is 17.1 Å². The second-order valence-electron chi connectivity index (χ2n) is 10.1. The molecular weight excluding hydrogens is 523 g/mol. The summed E-state index contributed by atoms with van der Waals surface area (Å²) >= 11 is 0. The van der Waals surface area contributed by atoms with E-state index in [0.29, 0.717) is 28.4 Å². The van der Waals surface area contributed by atoms with Crippen LogP contribution in [0.15, 0.2) is 65.7 Å². The molecule has 0 saturated heterocycles. The van der Waals surface area contributed by atoms with Gasteiger partial charge < -0.3 is 10.4 Å². The average Bonchev–Trinajstić information content (AvgIpc) is 2.73. The molecule has 1 heterocycles. The van der Waals surface area contributed by atoms with E-state index >= 15 is 0 Å². The fourth-order valence-corrected chi connectivity index (χ4v) is 4.60. The van der Waals surface area contributed by atoms with Crippen LogP contribution in [0, 0.1) is 0 Å². The van der Waals surface area contributed by atoms with Gasteiger partial charge in [-0.25, -0.2) is 0 Å². The minimum absolute atomic E-state index is 0. The number of aryl methyl sites for hydroxylation is 1. The van der Waals surface area contributed by atoms with E-state index in [0.717, 1.165) is 16.8 Å². The number of hydrogen-bond acceptors (Lipinski definition) is 3. The van der Waals surface area contributed by atoms with Crippen LogP contribution in [0.3, 0.4) is 0 Å². The Morgan fingerprint density at radius 1 is 0.909 bits per heavy atom. The maximum atomic E-state index is 13.3. The summed E-state index contributed by atoms with van der Waals surface area (Å²) in [6.07, 6.45) is 2.36. The van der Waals surface area contributed by atoms with Crippen molar-refractivity contribution in [3.63, 3.8) is 0 Å². The second kappa shape index (κ2) is 11.0. The molecule has 1 aromatic heterocycles. The second-order valence-corrected chi connectivity index (χ2v) is 11.6. The Morgan fingerprint density at radius 3 is 2.18 bits per heavy atom. The number of aromatic nitrogens is 1. The number of para-hydroxylation sites is 1. The molecule has 0 fully saturated rings. The Balaban J connectivity index is 0.00000385. The predicted molar refractivity (Wildman–Crippen MR) is 132 cm³/mol. The largest absolute Gasteiger partial charge is 2.00 e. The van der Waals surface area contributed by atoms with Gasteiger partial charge in [0.15, 0.2) is 0 Å². The van der Waals surface area contributed by atoms with Crippen LogP contribution >= 0.6 is 0 Å². The van der Waals surface area contributed by atoms with Crippen LogP contribution in [0.25, 0.3) is 5.32 Å². The molecule has 2 aromatic carbocycles. The maximum Gasteiger partial charge on any atom is 2.00 e. The summed E-state index contributed by atoms with van der Waals surface area (Å²) in [6, 6.07) is 17.0. The summed E-state index contributed by atoms with van der Waals surface area (Å²) in [6.45, 7) is 12.5. The van der Waals surface area contributed by atoms with Crippen LogP contribution in [0.4, 0.5) is 11.4 Å². The number of pyridine rings is 1. The van der Waals surface area contributed by atoms with Crippen molar-refractivity contribution in [2.24, 2.45) is 0 Å². The summed E-state index contributed by atoms with van der Waals surface area (Å²) in [5.74, 6) is 0.378. The Kier molecular flexibility index (Phi) is 9.04. The van der Waals surface area contributed by atoms with E-state index < -0.39 is 10.8 Å². The van der Waals surface area contributed by atoms with E-state index in [9.17, 15) is 9.32 Å². The summed E-state index contributed by atoms with van der Waals surface area (Å²) in [5.41, 5.74) is 3.28. The monoisotopic (exact) mass is 554 g/mol. The normalized spacial score (nSPS) is 12.7. The van der Waals surface area contributed by atoms with Crippen molar-refractivity contribution in [2.45, 2.75) is 63.7 Å². The molecule has 0 amide bonds. The van der Waals surface area contributed by atoms with E-state index in [1.807, 2.05) is 75.4 Å². The molecule has 0 bridgehead atoms. The Labute approximate surface area is 214 Å². The van der Waals surface area contributed by atoms with Crippen molar-refractivity contribution in [1.29, 1.82) is 0 Å². The molecule has 0 radical (unpaired) electrons. The zero-order valence-corrected chi connectivity index (χ0v) is 22.5. The number of nitrogens with zero attached hydrogens (tertiary/aromatic N) is 2. The van der Waals surface area contributed by atoms with Crippen molar-refractivity contribution in [3.8, 4) is 5.75 Å². The standard InChI is InChI=1S/C27H33N2O2S.Pd/c1-26(2,3)19-17-21(27(4,5)6)25(30)23(18-19)29-22-12-7-8-13-24(22)32(31)16-14-20-11-9-10-15-28-20;/h7-13,15,17-18,30H,14,16H2,1-6H3;/q-1;+2/p-1/t32-;/m0./s1. The van der Waals surface area contributed by atoms with Crippen molar-refractivity contribution in [2.75, 3.05) is 5.75 Å². The van der Waals surface area contributed by atoms with Crippen molar-refractivity contribution >= 4 is 22.2 Å². The molecule has 6 heteroatoms. The van der Waals surface area contributed by atoms with Crippen molar-refractivity contribution in [3.05, 3.63) is 82.9 Å². The zero-order chi connectivity index (χ0) is 23.5. The minimum Gasteiger partial charge on any atom is -0.873 e. The van der Waals surface area contributed by atoms with Crippen LogP contribution in [-0.4, -0.2) is 14.9 Å². The molecule has 3 rings (SSSR count). The molecule has 0 aliphatic heterocycles. The Bertz CT molecular complexity index is 1100. The topological polar surface area (TPSA) is 67.1 Å². The molecule has 0 aliphatic rings. The molecular formula is C27H32N2O2PdS. The van der Waals surface area contributed by atoms with E-state index in [1.165, 1.54) is 0 Å². The Hall–Kier alpha value is -2.00. The third-order valence-electron chi connectivity index (χ3n) is 5.36. The van der Waals surface area contributed by atoms with E-state index in [-0.39, 0.29) is 37.0 Å². The summed E-state index contributed by atoms with van der Waals surface area (Å²) in [5, 5.41) is 18.1. The molecule has 1 atom stereocenters. The van der Waals surface area contributed by atoms with E-state index in [4.69, 9.17) is 5.32 Å². The van der Waals surface area contributed by atoms with Gasteiger partial charge in [0.25, 0.3) is 0 Å². The van der Waals surface area contributed by atoms with Gasteiger partial charge in [-0.2, -0.15) is 0 Å². The van der Waals surface area contributed by atoms with Gasteiger partial charge >= 0.3 is 20.4 Å². The fourth-order valence-electron chi connectivity index (χ4n) is 3.41. The molecule has 33 heavy (non-hydrogen) atoms. The SMILES string of the molecule is CC(C)(C)c1cc([N-]c2ccccc2[S@@](=O)CCc2ccccn2)c([O-])c(C(C)(C)C)c1.[Pd+2]. The van der Waals surface area contributed by atoms with E-state index in [2.05, 4.69) is 25.8 Å². The summed E-state index contributed by atoms with van der Waals surface area (Å²) < 4.78 is 13.1. The first-order valence-corrected chi connectivity index (χ1v) is 12.2. The number of rotatable bonds is 6. The van der Waals surface area contributed by atoms with Crippen molar-refractivity contribution < 1.29 is 29.7 Å². The van der Waals surface area contributed by atoms with Crippen LogP contribution in [-0.2, 0) is 48.5 Å². The first-order chi connectivity index (χ1) is 15.0. The predicted octanol–water partition coefficient (Wildman–Crippen LogP) is 6.43. The molecule has 0 N–H and O–H groups in total. The molecule has 4 nitrogen and oxygen atoms in total. The summed E-state index contributed by atoms with van der Waals surface area (Å²) in [4.78, 5) is 4.95. The van der Waals surface area contributed by atoms with Crippen LogP contribution < -0.4 is 5.11 Å². The van der Waals surface area contributed by atoms with Crippen LogP contribution in [0.5, 0.6) is 5.75 Å². The molecule has 0 spiro atoms. The van der Waals surface area contributed by atoms with Crippen molar-refractivity contribution in [1.82, 2.24) is 4.98 Å². The third-order valence-corrected chi connectivity index (χ3v) is 6.78. The first kappa shape index (κ1) is 27.2. The zero-order valence-electron chi connectivity index (χ0n) is 20.1. The van der Waals surface area contributed by atoms with Crippen LogP contribution in [0.1, 0.15) is 58.4 Å². The molecule has 0 unspecified atom stereocenters. The molecule has 178 valence electrons. The van der Waals surface area contributed by atoms with Gasteiger partial charge in [-0.05, 0) is 34.6 Å². The van der Waals surface area contributed by atoms with Gasteiger partial charge in [0.1, 0.15) is 0 Å². The van der Waals surface area contributed by atoms with Crippen LogP contribution in [0.2, 0.25) is 0 Å². The third kappa shape index (κ3) is 6.99. The van der Waals surface area contributed by atoms with Gasteiger partial charge in [0.05, 0.1) is 10.8 Å². The van der Waals surface area contributed by atoms with Gasteiger partial charge in [-0.1, -0.05) is 83.5 Å². The molecule has 0 aliphatic carbocycles. The molecule has 3 aromatic rings. The van der Waals surface area contributed by atoms with Gasteiger partial charge in [-0.3, -0.25) is 9.19 Å².